The molecule has 3 rings (SSSR count). The van der Waals surface area contributed by atoms with Crippen LogP contribution in [0.5, 0.6) is 0 Å². The average Bonchev–Trinajstić information content (AvgIpc) is 2.46. The molecule has 2 nitrogen and oxygen atoms in total. The van der Waals surface area contributed by atoms with Crippen LogP contribution in [-0.2, 0) is 5.75 Å². The van der Waals surface area contributed by atoms with Crippen LogP contribution >= 0.6 is 23.5 Å². The van der Waals surface area contributed by atoms with E-state index in [2.05, 4.69) is 30.3 Å². The lowest BCUT2D eigenvalue weighted by Crippen LogP contribution is -2.01. The Labute approximate surface area is 121 Å². The first-order chi connectivity index (χ1) is 9.31. The fourth-order valence-electron chi connectivity index (χ4n) is 1.83. The summed E-state index contributed by atoms with van der Waals surface area (Å²) in [5.41, 5.74) is 8.88. The zero-order chi connectivity index (χ0) is 13.1. The molecule has 0 saturated heterocycles. The number of benzene rings is 2. The molecule has 0 aliphatic carbocycles. The van der Waals surface area contributed by atoms with Crippen molar-refractivity contribution in [3.63, 3.8) is 0 Å². The molecular weight excluding hydrogens is 272 g/mol. The summed E-state index contributed by atoms with van der Waals surface area (Å²) in [5.74, 6) is 1.92. The lowest BCUT2D eigenvalue weighted by Gasteiger charge is -2.14. The van der Waals surface area contributed by atoms with Gasteiger partial charge in [-0.1, -0.05) is 24.3 Å². The second-order valence-corrected chi connectivity index (χ2v) is 6.36. The van der Waals surface area contributed by atoms with Gasteiger partial charge in [-0.3, -0.25) is 0 Å². The maximum absolute atomic E-state index is 5.68. The number of rotatable bonds is 2. The van der Waals surface area contributed by atoms with E-state index in [-0.39, 0.29) is 0 Å². The molecule has 0 radical (unpaired) electrons. The fraction of sp³-hybridized carbons (Fsp3) is 0.133. The van der Waals surface area contributed by atoms with E-state index in [1.54, 1.807) is 0 Å². The number of anilines is 1. The van der Waals surface area contributed by atoms with Crippen molar-refractivity contribution in [1.82, 2.24) is 0 Å². The highest BCUT2D eigenvalue weighted by Crippen LogP contribution is 2.36. The summed E-state index contributed by atoms with van der Waals surface area (Å²) in [6.45, 7) is 0. The van der Waals surface area contributed by atoms with Gasteiger partial charge in [-0.05, 0) is 29.8 Å². The molecule has 0 unspecified atom stereocenters. The molecule has 19 heavy (non-hydrogen) atoms. The first-order valence-electron chi connectivity index (χ1n) is 6.08. The lowest BCUT2D eigenvalue weighted by molar-refractivity contribution is 1.36. The summed E-state index contributed by atoms with van der Waals surface area (Å²) in [5, 5.41) is 1.19. The number of fused-ring (bicyclic) bond motifs is 1. The quantitative estimate of drug-likeness (QED) is 0.835. The summed E-state index contributed by atoms with van der Waals surface area (Å²) in [6.07, 6.45) is 0. The van der Waals surface area contributed by atoms with E-state index >= 15 is 0 Å². The fourth-order valence-corrected chi connectivity index (χ4v) is 3.81. The van der Waals surface area contributed by atoms with Crippen LogP contribution in [0.1, 0.15) is 5.56 Å². The normalized spacial score (nSPS) is 13.8. The topological polar surface area (TPSA) is 38.4 Å². The third-order valence-corrected chi connectivity index (χ3v) is 5.15. The van der Waals surface area contributed by atoms with E-state index in [0.29, 0.717) is 0 Å². The Balaban J connectivity index is 1.68. The van der Waals surface area contributed by atoms with Gasteiger partial charge in [0.05, 0.1) is 10.7 Å². The molecule has 1 aliphatic heterocycles. The Kier molecular flexibility index (Phi) is 3.80. The van der Waals surface area contributed by atoms with Crippen LogP contribution in [0.3, 0.4) is 0 Å². The molecule has 0 atom stereocenters. The lowest BCUT2D eigenvalue weighted by atomic mass is 10.2. The highest BCUT2D eigenvalue weighted by molar-refractivity contribution is 8.15. The highest BCUT2D eigenvalue weighted by Gasteiger charge is 2.12. The van der Waals surface area contributed by atoms with Crippen molar-refractivity contribution in [2.75, 3.05) is 11.5 Å². The molecule has 0 saturated carbocycles. The maximum Gasteiger partial charge on any atom is 0.0845 e. The number of para-hydroxylation sites is 1. The molecule has 0 fully saturated rings. The molecule has 1 aliphatic rings. The van der Waals surface area contributed by atoms with Crippen LogP contribution in [0, 0.1) is 0 Å². The minimum atomic E-state index is 0.813. The van der Waals surface area contributed by atoms with Crippen molar-refractivity contribution >= 4 is 39.9 Å². The van der Waals surface area contributed by atoms with Gasteiger partial charge < -0.3 is 5.73 Å². The Bertz CT molecular complexity index is 606. The number of nitrogen functional groups attached to an aromatic ring is 1. The zero-order valence-corrected chi connectivity index (χ0v) is 12.0. The molecular formula is C15H14N2S2. The molecule has 0 aromatic heterocycles. The minimum Gasteiger partial charge on any atom is -0.399 e. The van der Waals surface area contributed by atoms with Crippen molar-refractivity contribution in [2.45, 2.75) is 10.6 Å². The van der Waals surface area contributed by atoms with Crippen LogP contribution in [0.25, 0.3) is 0 Å². The average molecular weight is 286 g/mol. The largest absolute Gasteiger partial charge is 0.399 e. The molecule has 2 aromatic carbocycles. The van der Waals surface area contributed by atoms with Gasteiger partial charge >= 0.3 is 0 Å². The standard InChI is InChI=1S/C15H14N2S2/c16-12-7-5-11(6-8-12)9-19-15-10-18-14-4-2-1-3-13(14)17-15/h1-8H,9-10,16H2. The SMILES string of the molecule is Nc1ccc(CSC2=Nc3ccccc3SC2)cc1. The zero-order valence-electron chi connectivity index (χ0n) is 10.4. The second kappa shape index (κ2) is 5.72. The Morgan fingerprint density at radius 3 is 2.74 bits per heavy atom. The Morgan fingerprint density at radius 2 is 1.89 bits per heavy atom. The van der Waals surface area contributed by atoms with E-state index in [9.17, 15) is 0 Å². The number of hydrogen-bond donors (Lipinski definition) is 1. The van der Waals surface area contributed by atoms with E-state index in [4.69, 9.17) is 10.7 Å². The molecule has 0 spiro atoms. The van der Waals surface area contributed by atoms with Crippen molar-refractivity contribution < 1.29 is 0 Å². The van der Waals surface area contributed by atoms with Crippen LogP contribution in [0.4, 0.5) is 11.4 Å². The molecule has 1 heterocycles. The van der Waals surface area contributed by atoms with Crippen LogP contribution in [-0.4, -0.2) is 10.8 Å². The number of nitrogens with two attached hydrogens (primary N) is 1. The smallest absolute Gasteiger partial charge is 0.0845 e. The van der Waals surface area contributed by atoms with Crippen molar-refractivity contribution in [3.8, 4) is 0 Å². The molecule has 4 heteroatoms. The number of nitrogens with zero attached hydrogens (tertiary/aromatic N) is 1. The molecule has 0 amide bonds. The maximum atomic E-state index is 5.68. The van der Waals surface area contributed by atoms with E-state index < -0.39 is 0 Å². The van der Waals surface area contributed by atoms with Crippen LogP contribution < -0.4 is 5.73 Å². The number of thioether (sulfide) groups is 2. The first kappa shape index (κ1) is 12.6. The summed E-state index contributed by atoms with van der Waals surface area (Å²) < 4.78 is 0. The molecule has 2 N–H and O–H groups in total. The predicted molar refractivity (Wildman–Crippen MR) is 86.4 cm³/mol. The van der Waals surface area contributed by atoms with Gasteiger partial charge in [0.15, 0.2) is 0 Å². The molecule has 96 valence electrons. The van der Waals surface area contributed by atoms with Gasteiger partial charge in [0, 0.05) is 22.1 Å². The third-order valence-electron chi connectivity index (χ3n) is 2.85. The van der Waals surface area contributed by atoms with Gasteiger partial charge in [0.25, 0.3) is 0 Å². The van der Waals surface area contributed by atoms with E-state index in [0.717, 1.165) is 22.9 Å². The first-order valence-corrected chi connectivity index (χ1v) is 8.05. The van der Waals surface area contributed by atoms with Crippen molar-refractivity contribution in [3.05, 3.63) is 54.1 Å². The van der Waals surface area contributed by atoms with Crippen LogP contribution in [0.2, 0.25) is 0 Å². The highest BCUT2D eigenvalue weighted by atomic mass is 32.2. The summed E-state index contributed by atoms with van der Waals surface area (Å²) >= 11 is 3.67. The predicted octanol–water partition coefficient (Wildman–Crippen LogP) is 4.34. The minimum absolute atomic E-state index is 0.813. The third kappa shape index (κ3) is 3.14. The summed E-state index contributed by atoms with van der Waals surface area (Å²) in [6, 6.07) is 16.4. The summed E-state index contributed by atoms with van der Waals surface area (Å²) in [4.78, 5) is 5.99. The summed E-state index contributed by atoms with van der Waals surface area (Å²) in [7, 11) is 0. The van der Waals surface area contributed by atoms with E-state index in [1.807, 2.05) is 41.7 Å². The van der Waals surface area contributed by atoms with Crippen LogP contribution in [0.15, 0.2) is 58.4 Å². The number of hydrogen-bond acceptors (Lipinski definition) is 4. The number of aliphatic imine (C=N–C) groups is 1. The Hall–Kier alpha value is -1.39. The monoisotopic (exact) mass is 286 g/mol. The van der Waals surface area contributed by atoms with Gasteiger partial charge in [-0.25, -0.2) is 4.99 Å². The second-order valence-electron chi connectivity index (χ2n) is 4.29. The van der Waals surface area contributed by atoms with Gasteiger partial charge in [0.2, 0.25) is 0 Å². The van der Waals surface area contributed by atoms with Gasteiger partial charge in [-0.15, -0.1) is 23.5 Å². The van der Waals surface area contributed by atoms with Crippen molar-refractivity contribution in [1.29, 1.82) is 0 Å². The van der Waals surface area contributed by atoms with E-state index in [1.165, 1.54) is 15.5 Å². The Morgan fingerprint density at radius 1 is 1.11 bits per heavy atom. The van der Waals surface area contributed by atoms with Gasteiger partial charge in [-0.2, -0.15) is 0 Å². The van der Waals surface area contributed by atoms with Crippen molar-refractivity contribution in [2.24, 2.45) is 4.99 Å². The molecule has 2 aromatic rings. The molecule has 0 bridgehead atoms. The van der Waals surface area contributed by atoms with Gasteiger partial charge in [0.1, 0.15) is 0 Å².